The van der Waals surface area contributed by atoms with E-state index in [1.807, 2.05) is 67.6 Å². The van der Waals surface area contributed by atoms with E-state index in [4.69, 9.17) is 14.2 Å². The standard InChI is InChI=1S/C39H29N5O6/c1-23-32(34(43-50-23)26-11-7-4-8-12-26)31-19-20-40-39(42-31)41-28-17-18-29-30(21-28)33(25-9-5-3-6-10-25)35(38(48)49-2)44(36(29)45)22-24-13-15-27(16-14-24)37(46)47/h3-21H,22H2,1-2H3,(H,46,47)(H,40,41,42). The minimum atomic E-state index is -1.06. The smallest absolute Gasteiger partial charge is 0.355 e. The van der Waals surface area contributed by atoms with Crippen LogP contribution in [0.15, 0.2) is 125 Å². The molecule has 2 N–H and O–H groups in total. The Bertz CT molecular complexity index is 2440. The van der Waals surface area contributed by atoms with Crippen LogP contribution < -0.4 is 10.9 Å². The van der Waals surface area contributed by atoms with Crippen molar-refractivity contribution in [2.75, 3.05) is 12.4 Å². The Kier molecular flexibility index (Phi) is 8.45. The number of aromatic carboxylic acids is 1. The summed E-state index contributed by atoms with van der Waals surface area (Å²) in [7, 11) is 1.26. The number of carbonyl (C=O) groups is 2. The summed E-state index contributed by atoms with van der Waals surface area (Å²) in [6.07, 6.45) is 1.64. The Morgan fingerprint density at radius 1 is 0.860 bits per heavy atom. The monoisotopic (exact) mass is 663 g/mol. The highest BCUT2D eigenvalue weighted by atomic mass is 16.5. The van der Waals surface area contributed by atoms with Crippen LogP contribution in [0.4, 0.5) is 11.6 Å². The molecule has 0 unspecified atom stereocenters. The Morgan fingerprint density at radius 3 is 2.24 bits per heavy atom. The van der Waals surface area contributed by atoms with Gasteiger partial charge in [-0.05, 0) is 59.8 Å². The number of anilines is 2. The van der Waals surface area contributed by atoms with Crippen LogP contribution in [0.5, 0.6) is 0 Å². The third-order valence-corrected chi connectivity index (χ3v) is 8.33. The predicted molar refractivity (Wildman–Crippen MR) is 188 cm³/mol. The van der Waals surface area contributed by atoms with Crippen molar-refractivity contribution in [2.24, 2.45) is 0 Å². The van der Waals surface area contributed by atoms with Crippen molar-refractivity contribution < 1.29 is 24.0 Å². The molecule has 0 spiro atoms. The summed E-state index contributed by atoms with van der Waals surface area (Å²) in [4.78, 5) is 48.3. The van der Waals surface area contributed by atoms with Crippen molar-refractivity contribution in [3.8, 4) is 33.6 Å². The minimum absolute atomic E-state index is 0.00677. The molecule has 0 saturated carbocycles. The third-order valence-electron chi connectivity index (χ3n) is 8.33. The van der Waals surface area contributed by atoms with Crippen molar-refractivity contribution in [1.82, 2.24) is 19.7 Å². The molecular weight excluding hydrogens is 634 g/mol. The van der Waals surface area contributed by atoms with Crippen molar-refractivity contribution in [1.29, 1.82) is 0 Å². The number of aromatic nitrogens is 4. The molecule has 246 valence electrons. The van der Waals surface area contributed by atoms with Gasteiger partial charge in [-0.25, -0.2) is 19.6 Å². The van der Waals surface area contributed by atoms with Gasteiger partial charge >= 0.3 is 11.9 Å². The summed E-state index contributed by atoms with van der Waals surface area (Å²) in [5.74, 6) is -0.851. The Labute approximate surface area is 285 Å². The summed E-state index contributed by atoms with van der Waals surface area (Å²) in [6.45, 7) is 1.84. The highest BCUT2D eigenvalue weighted by molar-refractivity contribution is 6.07. The van der Waals surface area contributed by atoms with Crippen LogP contribution in [-0.2, 0) is 11.3 Å². The Hall–Kier alpha value is -6.88. The topological polar surface area (TPSA) is 149 Å². The van der Waals surface area contributed by atoms with Gasteiger partial charge in [0.1, 0.15) is 17.1 Å². The normalized spacial score (nSPS) is 11.0. The molecule has 50 heavy (non-hydrogen) atoms. The highest BCUT2D eigenvalue weighted by Gasteiger charge is 2.25. The van der Waals surface area contributed by atoms with Crippen LogP contribution in [0.25, 0.3) is 44.4 Å². The van der Waals surface area contributed by atoms with E-state index in [0.717, 1.165) is 11.1 Å². The average molecular weight is 664 g/mol. The fraction of sp³-hybridized carbons (Fsp3) is 0.0769. The van der Waals surface area contributed by atoms with Gasteiger partial charge in [-0.15, -0.1) is 0 Å². The summed E-state index contributed by atoms with van der Waals surface area (Å²) < 4.78 is 12.2. The molecule has 3 heterocycles. The lowest BCUT2D eigenvalue weighted by molar-refractivity contribution is 0.0588. The zero-order chi connectivity index (χ0) is 34.8. The maximum Gasteiger partial charge on any atom is 0.355 e. The van der Waals surface area contributed by atoms with E-state index in [9.17, 15) is 19.5 Å². The number of hydrogen-bond acceptors (Lipinski definition) is 9. The molecule has 0 atom stereocenters. The molecule has 3 aromatic heterocycles. The van der Waals surface area contributed by atoms with Crippen LogP contribution in [0.3, 0.4) is 0 Å². The lowest BCUT2D eigenvalue weighted by Gasteiger charge is -2.19. The maximum atomic E-state index is 14.2. The van der Waals surface area contributed by atoms with Gasteiger partial charge in [0.15, 0.2) is 0 Å². The van der Waals surface area contributed by atoms with Gasteiger partial charge in [0.25, 0.3) is 5.56 Å². The number of pyridine rings is 1. The van der Waals surface area contributed by atoms with E-state index in [-0.39, 0.29) is 17.8 Å². The first-order chi connectivity index (χ1) is 24.3. The van der Waals surface area contributed by atoms with Crippen LogP contribution in [-0.4, -0.2) is 43.8 Å². The first-order valence-electron chi connectivity index (χ1n) is 15.6. The van der Waals surface area contributed by atoms with E-state index in [0.29, 0.717) is 56.2 Å². The second-order valence-corrected chi connectivity index (χ2v) is 11.5. The molecule has 0 aliphatic heterocycles. The van der Waals surface area contributed by atoms with Crippen molar-refractivity contribution >= 4 is 34.3 Å². The third kappa shape index (κ3) is 5.99. The zero-order valence-electron chi connectivity index (χ0n) is 27.0. The van der Waals surface area contributed by atoms with Gasteiger partial charge in [0.05, 0.1) is 30.5 Å². The number of fused-ring (bicyclic) bond motifs is 1. The quantitative estimate of drug-likeness (QED) is 0.150. The first kappa shape index (κ1) is 31.7. The van der Waals surface area contributed by atoms with Crippen LogP contribution in [0.1, 0.15) is 32.2 Å². The minimum Gasteiger partial charge on any atom is -0.478 e. The van der Waals surface area contributed by atoms with E-state index >= 15 is 0 Å². The summed E-state index contributed by atoms with van der Waals surface area (Å²) in [5, 5.41) is 17.8. The number of hydrogen-bond donors (Lipinski definition) is 2. The molecule has 7 aromatic rings. The summed E-state index contributed by atoms with van der Waals surface area (Å²) >= 11 is 0. The number of nitrogens with zero attached hydrogens (tertiary/aromatic N) is 4. The van der Waals surface area contributed by atoms with E-state index in [1.165, 1.54) is 23.8 Å². The SMILES string of the molecule is COC(=O)c1c(-c2ccccc2)c2cc(Nc3nccc(-c4c(-c5ccccc5)noc4C)n3)ccc2c(=O)n1Cc1ccc(C(=O)O)cc1. The fourth-order valence-corrected chi connectivity index (χ4v) is 5.97. The molecule has 0 aliphatic carbocycles. The number of benzene rings is 4. The number of carboxylic acids is 1. The summed E-state index contributed by atoms with van der Waals surface area (Å²) in [6, 6.07) is 32.1. The van der Waals surface area contributed by atoms with E-state index in [2.05, 4.69) is 15.5 Å². The van der Waals surface area contributed by atoms with Crippen LogP contribution >= 0.6 is 0 Å². The van der Waals surface area contributed by atoms with Crippen molar-refractivity contribution in [3.05, 3.63) is 148 Å². The largest absolute Gasteiger partial charge is 0.478 e. The second-order valence-electron chi connectivity index (χ2n) is 11.5. The molecule has 11 heteroatoms. The number of rotatable bonds is 9. The number of methoxy groups -OCH3 is 1. The molecule has 0 saturated heterocycles. The number of carboxylic acid groups (broad SMARTS) is 1. The molecule has 0 amide bonds. The molecular formula is C39H29N5O6. The predicted octanol–water partition coefficient (Wildman–Crippen LogP) is 7.37. The van der Waals surface area contributed by atoms with Crippen molar-refractivity contribution in [2.45, 2.75) is 13.5 Å². The Morgan fingerprint density at radius 2 is 1.56 bits per heavy atom. The lowest BCUT2D eigenvalue weighted by Crippen LogP contribution is -2.28. The number of nitrogens with one attached hydrogen (secondary N) is 1. The molecule has 0 aliphatic rings. The van der Waals surface area contributed by atoms with Gasteiger partial charge in [-0.1, -0.05) is 78.0 Å². The van der Waals surface area contributed by atoms with Gasteiger partial charge in [0.2, 0.25) is 5.95 Å². The fourth-order valence-electron chi connectivity index (χ4n) is 5.97. The Balaban J connectivity index is 1.35. The number of aryl methyl sites for hydroxylation is 1. The average Bonchev–Trinajstić information content (AvgIpc) is 3.54. The molecule has 0 radical (unpaired) electrons. The molecule has 4 aromatic carbocycles. The number of carbonyl (C=O) groups excluding carboxylic acids is 1. The summed E-state index contributed by atoms with van der Waals surface area (Å²) in [5.41, 5.74) is 5.07. The molecule has 7 rings (SSSR count). The lowest BCUT2D eigenvalue weighted by atomic mass is 9.96. The first-order valence-corrected chi connectivity index (χ1v) is 15.6. The van der Waals surface area contributed by atoms with Gasteiger partial charge in [0, 0.05) is 28.4 Å². The molecule has 0 fully saturated rings. The zero-order valence-corrected chi connectivity index (χ0v) is 27.0. The molecule has 11 nitrogen and oxygen atoms in total. The van der Waals surface area contributed by atoms with Crippen molar-refractivity contribution in [3.63, 3.8) is 0 Å². The van der Waals surface area contributed by atoms with Gasteiger partial charge in [-0.2, -0.15) is 0 Å². The second kappa shape index (κ2) is 13.3. The number of ether oxygens (including phenoxy) is 1. The maximum absolute atomic E-state index is 14.2. The van der Waals surface area contributed by atoms with E-state index < -0.39 is 17.5 Å². The number of esters is 1. The van der Waals surface area contributed by atoms with Crippen LogP contribution in [0.2, 0.25) is 0 Å². The van der Waals surface area contributed by atoms with E-state index in [1.54, 1.807) is 42.6 Å². The molecule has 0 bridgehead atoms. The highest BCUT2D eigenvalue weighted by Crippen LogP contribution is 2.35. The van der Waals surface area contributed by atoms with Crippen LogP contribution in [0, 0.1) is 6.92 Å². The van der Waals surface area contributed by atoms with Gasteiger partial charge in [-0.3, -0.25) is 9.36 Å². The van der Waals surface area contributed by atoms with Gasteiger partial charge < -0.3 is 19.7 Å².